The molecule has 0 saturated carbocycles. The zero-order valence-corrected chi connectivity index (χ0v) is 11.8. The summed E-state index contributed by atoms with van der Waals surface area (Å²) in [6.07, 6.45) is 6.03. The van der Waals surface area contributed by atoms with Crippen molar-refractivity contribution in [2.75, 3.05) is 43.4 Å². The molecule has 0 amide bonds. The first-order valence-corrected chi connectivity index (χ1v) is 7.47. The maximum absolute atomic E-state index is 13.7. The molecule has 0 radical (unpaired) electrons. The van der Waals surface area contributed by atoms with Gasteiger partial charge in [0.15, 0.2) is 11.6 Å². The van der Waals surface area contributed by atoms with Crippen LogP contribution in [0.1, 0.15) is 25.7 Å². The highest BCUT2D eigenvalue weighted by atomic mass is 19.1. The van der Waals surface area contributed by atoms with E-state index in [0.29, 0.717) is 5.82 Å². The number of rotatable bonds is 3. The van der Waals surface area contributed by atoms with Gasteiger partial charge in [-0.3, -0.25) is 0 Å². The number of aromatic nitrogens is 2. The molecular weight excluding hydrogens is 257 g/mol. The number of hydrogen-bond acceptors (Lipinski definition) is 5. The molecule has 5 nitrogen and oxygen atoms in total. The van der Waals surface area contributed by atoms with Crippen molar-refractivity contribution < 1.29 is 4.39 Å². The van der Waals surface area contributed by atoms with Gasteiger partial charge in [0.1, 0.15) is 0 Å². The Labute approximate surface area is 119 Å². The number of hydrogen-bond donors (Lipinski definition) is 1. The predicted octanol–water partition coefficient (Wildman–Crippen LogP) is 1.51. The van der Waals surface area contributed by atoms with Crippen LogP contribution in [0, 0.1) is 11.7 Å². The number of likely N-dealkylation sites (tertiary alicyclic amines) is 1. The van der Waals surface area contributed by atoms with Crippen LogP contribution in [0.5, 0.6) is 0 Å². The van der Waals surface area contributed by atoms with E-state index >= 15 is 0 Å². The standard InChI is InChI=1S/C14H22FN5/c15-12-9-17-14(16)18-13(12)20-7-3-11(4-8-20)10-19-5-1-2-6-19/h9,11H,1-8,10H2,(H2,16,17,18). The molecule has 0 unspecified atom stereocenters. The molecule has 2 N–H and O–H groups in total. The van der Waals surface area contributed by atoms with Crippen LogP contribution in [0.4, 0.5) is 16.2 Å². The zero-order valence-electron chi connectivity index (χ0n) is 11.8. The van der Waals surface area contributed by atoms with Crippen LogP contribution in [0.2, 0.25) is 0 Å². The van der Waals surface area contributed by atoms with Crippen molar-refractivity contribution in [3.05, 3.63) is 12.0 Å². The number of nitrogens with zero attached hydrogens (tertiary/aromatic N) is 4. The Morgan fingerprint density at radius 1 is 1.20 bits per heavy atom. The van der Waals surface area contributed by atoms with Crippen LogP contribution in [-0.4, -0.2) is 47.6 Å². The van der Waals surface area contributed by atoms with Gasteiger partial charge >= 0.3 is 0 Å². The van der Waals surface area contributed by atoms with Gasteiger partial charge in [-0.2, -0.15) is 4.98 Å². The topological polar surface area (TPSA) is 58.3 Å². The minimum absolute atomic E-state index is 0.139. The number of piperidine rings is 1. The first-order valence-electron chi connectivity index (χ1n) is 7.47. The van der Waals surface area contributed by atoms with E-state index in [9.17, 15) is 4.39 Å². The molecule has 110 valence electrons. The summed E-state index contributed by atoms with van der Waals surface area (Å²) in [7, 11) is 0. The summed E-state index contributed by atoms with van der Waals surface area (Å²) in [5.74, 6) is 0.849. The monoisotopic (exact) mass is 279 g/mol. The molecule has 2 saturated heterocycles. The van der Waals surface area contributed by atoms with Gasteiger partial charge in [-0.1, -0.05) is 0 Å². The van der Waals surface area contributed by atoms with E-state index in [2.05, 4.69) is 14.9 Å². The second-order valence-corrected chi connectivity index (χ2v) is 5.84. The Hall–Kier alpha value is -1.43. The van der Waals surface area contributed by atoms with Gasteiger partial charge in [0, 0.05) is 19.6 Å². The normalized spacial score (nSPS) is 21.6. The number of halogens is 1. The van der Waals surface area contributed by atoms with Gasteiger partial charge in [-0.15, -0.1) is 0 Å². The second-order valence-electron chi connectivity index (χ2n) is 5.84. The Morgan fingerprint density at radius 2 is 1.90 bits per heavy atom. The van der Waals surface area contributed by atoms with Crippen molar-refractivity contribution in [2.45, 2.75) is 25.7 Å². The van der Waals surface area contributed by atoms with Crippen LogP contribution < -0.4 is 10.6 Å². The van der Waals surface area contributed by atoms with Gasteiger partial charge in [0.25, 0.3) is 0 Å². The maximum Gasteiger partial charge on any atom is 0.222 e. The molecule has 0 aromatic carbocycles. The molecule has 1 aromatic heterocycles. The highest BCUT2D eigenvalue weighted by molar-refractivity contribution is 5.42. The van der Waals surface area contributed by atoms with Crippen LogP contribution >= 0.6 is 0 Å². The Kier molecular flexibility index (Phi) is 4.00. The van der Waals surface area contributed by atoms with Crippen LogP contribution in [0.15, 0.2) is 6.20 Å². The van der Waals surface area contributed by atoms with Crippen molar-refractivity contribution in [2.24, 2.45) is 5.92 Å². The predicted molar refractivity (Wildman–Crippen MR) is 77.0 cm³/mol. The minimum atomic E-state index is -0.378. The van der Waals surface area contributed by atoms with Crippen molar-refractivity contribution in [1.82, 2.24) is 14.9 Å². The Balaban J connectivity index is 1.56. The van der Waals surface area contributed by atoms with Gasteiger partial charge in [-0.25, -0.2) is 9.37 Å². The van der Waals surface area contributed by atoms with E-state index in [4.69, 9.17) is 5.73 Å². The lowest BCUT2D eigenvalue weighted by Gasteiger charge is -2.34. The third-order valence-electron chi connectivity index (χ3n) is 4.37. The summed E-state index contributed by atoms with van der Waals surface area (Å²) < 4.78 is 13.7. The smallest absolute Gasteiger partial charge is 0.222 e. The number of anilines is 2. The summed E-state index contributed by atoms with van der Waals surface area (Å²) in [6, 6.07) is 0. The van der Waals surface area contributed by atoms with E-state index < -0.39 is 0 Å². The van der Waals surface area contributed by atoms with Gasteiger partial charge in [-0.05, 0) is 44.7 Å². The Bertz CT molecular complexity index is 453. The van der Waals surface area contributed by atoms with Crippen LogP contribution in [0.25, 0.3) is 0 Å². The SMILES string of the molecule is Nc1ncc(F)c(N2CCC(CN3CCCC3)CC2)n1. The number of nitrogens with two attached hydrogens (primary N) is 1. The van der Waals surface area contributed by atoms with Crippen molar-refractivity contribution in [3.63, 3.8) is 0 Å². The molecule has 6 heteroatoms. The largest absolute Gasteiger partial charge is 0.368 e. The van der Waals surface area contributed by atoms with Gasteiger partial charge < -0.3 is 15.5 Å². The fourth-order valence-electron chi connectivity index (χ4n) is 3.25. The molecule has 0 aliphatic carbocycles. The Morgan fingerprint density at radius 3 is 2.60 bits per heavy atom. The molecule has 3 heterocycles. The van der Waals surface area contributed by atoms with E-state index in [1.165, 1.54) is 32.5 Å². The third kappa shape index (κ3) is 3.00. The molecule has 0 spiro atoms. The van der Waals surface area contributed by atoms with Crippen molar-refractivity contribution in [3.8, 4) is 0 Å². The lowest BCUT2D eigenvalue weighted by Crippen LogP contribution is -2.39. The lowest BCUT2D eigenvalue weighted by molar-refractivity contribution is 0.249. The van der Waals surface area contributed by atoms with Gasteiger partial charge in [0.2, 0.25) is 5.95 Å². The quantitative estimate of drug-likeness (QED) is 0.909. The maximum atomic E-state index is 13.7. The first-order chi connectivity index (χ1) is 9.72. The molecular formula is C14H22FN5. The second kappa shape index (κ2) is 5.91. The molecule has 0 atom stereocenters. The van der Waals surface area contributed by atoms with E-state index in [1.54, 1.807) is 0 Å². The highest BCUT2D eigenvalue weighted by Gasteiger charge is 2.25. The highest BCUT2D eigenvalue weighted by Crippen LogP contribution is 2.25. The summed E-state index contributed by atoms with van der Waals surface area (Å²) in [4.78, 5) is 12.3. The molecule has 1 aromatic rings. The average Bonchev–Trinajstić information content (AvgIpc) is 2.95. The zero-order chi connectivity index (χ0) is 13.9. The first kappa shape index (κ1) is 13.5. The molecule has 2 fully saturated rings. The lowest BCUT2D eigenvalue weighted by atomic mass is 9.96. The fourth-order valence-corrected chi connectivity index (χ4v) is 3.25. The molecule has 2 aliphatic rings. The van der Waals surface area contributed by atoms with Crippen molar-refractivity contribution in [1.29, 1.82) is 0 Å². The average molecular weight is 279 g/mol. The van der Waals surface area contributed by atoms with Crippen molar-refractivity contribution >= 4 is 11.8 Å². The van der Waals surface area contributed by atoms with E-state index in [-0.39, 0.29) is 11.8 Å². The van der Waals surface area contributed by atoms with Crippen LogP contribution in [-0.2, 0) is 0 Å². The molecule has 20 heavy (non-hydrogen) atoms. The molecule has 2 aliphatic heterocycles. The summed E-state index contributed by atoms with van der Waals surface area (Å²) >= 11 is 0. The molecule has 3 rings (SSSR count). The molecule has 0 bridgehead atoms. The van der Waals surface area contributed by atoms with Gasteiger partial charge in [0.05, 0.1) is 6.20 Å². The van der Waals surface area contributed by atoms with Crippen LogP contribution in [0.3, 0.4) is 0 Å². The minimum Gasteiger partial charge on any atom is -0.368 e. The number of nitrogen functional groups attached to an aromatic ring is 1. The summed E-state index contributed by atoms with van der Waals surface area (Å²) in [6.45, 7) is 5.40. The third-order valence-corrected chi connectivity index (χ3v) is 4.37. The summed E-state index contributed by atoms with van der Waals surface area (Å²) in [5.41, 5.74) is 5.55. The summed E-state index contributed by atoms with van der Waals surface area (Å²) in [5, 5.41) is 0. The van der Waals surface area contributed by atoms with E-state index in [0.717, 1.165) is 38.0 Å². The fraction of sp³-hybridized carbons (Fsp3) is 0.714. The van der Waals surface area contributed by atoms with E-state index in [1.807, 2.05) is 4.90 Å².